The predicted molar refractivity (Wildman–Crippen MR) is 164 cm³/mol. The summed E-state index contributed by atoms with van der Waals surface area (Å²) in [5.74, 6) is 0.756. The lowest BCUT2D eigenvalue weighted by molar-refractivity contribution is -0.166. The summed E-state index contributed by atoms with van der Waals surface area (Å²) in [6, 6.07) is 28.9. The molecule has 4 aromatic carbocycles. The quantitative estimate of drug-likeness (QED) is 0.297. The van der Waals surface area contributed by atoms with E-state index in [-0.39, 0.29) is 11.8 Å². The standard InChI is InChI=1S/C36H39N3O2/c40-35-33(22-31-15-8-14-29-12-6-7-16-32(29)31)39(24-26-9-2-1-3-10-26)36(41)34-25-37(19-20-38(34)35)23-27-17-18-28-11-4-5-13-30(28)21-27/h4-8,11-18,21,26,33-34H,1-3,9-10,19-20,22-25H2. The van der Waals surface area contributed by atoms with Gasteiger partial charge >= 0.3 is 0 Å². The molecule has 0 spiro atoms. The van der Waals surface area contributed by atoms with E-state index in [1.807, 2.05) is 9.80 Å². The van der Waals surface area contributed by atoms with Gasteiger partial charge in [-0.05, 0) is 57.5 Å². The number of rotatable bonds is 6. The van der Waals surface area contributed by atoms with E-state index in [4.69, 9.17) is 0 Å². The van der Waals surface area contributed by atoms with Crippen LogP contribution in [-0.4, -0.2) is 64.8 Å². The number of hydrogen-bond donors (Lipinski definition) is 0. The number of benzene rings is 4. The van der Waals surface area contributed by atoms with Crippen molar-refractivity contribution in [3.05, 3.63) is 96.1 Å². The Morgan fingerprint density at radius 1 is 0.707 bits per heavy atom. The molecule has 210 valence electrons. The highest BCUT2D eigenvalue weighted by Crippen LogP contribution is 2.31. The summed E-state index contributed by atoms with van der Waals surface area (Å²) in [4.78, 5) is 34.8. The van der Waals surface area contributed by atoms with E-state index >= 15 is 0 Å². The second-order valence-corrected chi connectivity index (χ2v) is 12.3. The highest BCUT2D eigenvalue weighted by atomic mass is 16.2. The summed E-state index contributed by atoms with van der Waals surface area (Å²) < 4.78 is 0. The fourth-order valence-corrected chi connectivity index (χ4v) is 7.46. The van der Waals surface area contributed by atoms with Crippen molar-refractivity contribution in [2.45, 2.75) is 57.2 Å². The fourth-order valence-electron chi connectivity index (χ4n) is 7.46. The van der Waals surface area contributed by atoms with E-state index in [1.54, 1.807) is 0 Å². The third kappa shape index (κ3) is 5.24. The number of piperazine rings is 2. The number of carbonyl (C=O) groups is 2. The van der Waals surface area contributed by atoms with Crippen molar-refractivity contribution < 1.29 is 9.59 Å². The van der Waals surface area contributed by atoms with Gasteiger partial charge in [-0.25, -0.2) is 0 Å². The Hall–Kier alpha value is -3.70. The second kappa shape index (κ2) is 11.3. The Balaban J connectivity index is 1.15. The Labute approximate surface area is 242 Å². The first-order chi connectivity index (χ1) is 20.1. The van der Waals surface area contributed by atoms with Gasteiger partial charge in [-0.2, -0.15) is 0 Å². The molecule has 2 saturated heterocycles. The summed E-state index contributed by atoms with van der Waals surface area (Å²) >= 11 is 0. The van der Waals surface area contributed by atoms with Crippen molar-refractivity contribution in [1.82, 2.24) is 14.7 Å². The van der Waals surface area contributed by atoms with Crippen LogP contribution < -0.4 is 0 Å². The molecule has 1 aliphatic carbocycles. The number of amides is 2. The van der Waals surface area contributed by atoms with Gasteiger partial charge in [0, 0.05) is 39.1 Å². The Bertz CT molecular complexity index is 1570. The molecule has 0 bridgehead atoms. The molecule has 0 aromatic heterocycles. The third-order valence-corrected chi connectivity index (χ3v) is 9.67. The monoisotopic (exact) mass is 545 g/mol. The highest BCUT2D eigenvalue weighted by Gasteiger charge is 2.48. The minimum absolute atomic E-state index is 0.128. The molecule has 41 heavy (non-hydrogen) atoms. The number of nitrogens with zero attached hydrogens (tertiary/aromatic N) is 3. The molecule has 5 heteroatoms. The van der Waals surface area contributed by atoms with Crippen LogP contribution in [0.1, 0.15) is 43.2 Å². The molecule has 1 saturated carbocycles. The van der Waals surface area contributed by atoms with E-state index in [1.165, 1.54) is 46.4 Å². The Morgan fingerprint density at radius 2 is 1.46 bits per heavy atom. The zero-order valence-electron chi connectivity index (χ0n) is 23.8. The van der Waals surface area contributed by atoms with E-state index in [2.05, 4.69) is 89.8 Å². The van der Waals surface area contributed by atoms with Gasteiger partial charge < -0.3 is 9.80 Å². The van der Waals surface area contributed by atoms with Crippen LogP contribution in [0.3, 0.4) is 0 Å². The number of fused-ring (bicyclic) bond motifs is 3. The SMILES string of the molecule is O=C1C(Cc2cccc3ccccc23)N(CC2CCCCC2)C(=O)C2CN(Cc3ccc4ccccc4c3)CCN12. The zero-order valence-corrected chi connectivity index (χ0v) is 23.8. The molecule has 7 rings (SSSR count). The van der Waals surface area contributed by atoms with Crippen LogP contribution in [0.25, 0.3) is 21.5 Å². The summed E-state index contributed by atoms with van der Waals surface area (Å²) in [6.45, 7) is 3.48. The van der Waals surface area contributed by atoms with Crippen molar-refractivity contribution >= 4 is 33.4 Å². The van der Waals surface area contributed by atoms with Gasteiger partial charge in [-0.15, -0.1) is 0 Å². The summed E-state index contributed by atoms with van der Waals surface area (Å²) in [5, 5.41) is 4.83. The average molecular weight is 546 g/mol. The van der Waals surface area contributed by atoms with Crippen LogP contribution in [0.4, 0.5) is 0 Å². The van der Waals surface area contributed by atoms with Crippen LogP contribution in [0.5, 0.6) is 0 Å². The predicted octanol–water partition coefficient (Wildman–Crippen LogP) is 6.04. The van der Waals surface area contributed by atoms with Gasteiger partial charge in [0.25, 0.3) is 0 Å². The first-order valence-corrected chi connectivity index (χ1v) is 15.4. The van der Waals surface area contributed by atoms with Gasteiger partial charge in [-0.3, -0.25) is 14.5 Å². The second-order valence-electron chi connectivity index (χ2n) is 12.3. The molecular weight excluding hydrogens is 506 g/mol. The maximum atomic E-state index is 14.3. The molecule has 4 aromatic rings. The van der Waals surface area contributed by atoms with Gasteiger partial charge in [0.2, 0.25) is 11.8 Å². The maximum absolute atomic E-state index is 14.3. The highest BCUT2D eigenvalue weighted by molar-refractivity contribution is 5.98. The van der Waals surface area contributed by atoms with E-state index in [0.717, 1.165) is 31.5 Å². The topological polar surface area (TPSA) is 43.9 Å². The van der Waals surface area contributed by atoms with E-state index in [0.29, 0.717) is 32.0 Å². The average Bonchev–Trinajstić information content (AvgIpc) is 3.02. The number of carbonyl (C=O) groups excluding carboxylic acids is 2. The van der Waals surface area contributed by atoms with E-state index < -0.39 is 12.1 Å². The molecule has 2 amide bonds. The minimum Gasteiger partial charge on any atom is -0.328 e. The molecule has 2 unspecified atom stereocenters. The van der Waals surface area contributed by atoms with Crippen molar-refractivity contribution in [3.63, 3.8) is 0 Å². The van der Waals surface area contributed by atoms with Crippen LogP contribution in [0, 0.1) is 5.92 Å². The van der Waals surface area contributed by atoms with Gasteiger partial charge in [0.15, 0.2) is 0 Å². The molecule has 2 atom stereocenters. The fraction of sp³-hybridized carbons (Fsp3) is 0.389. The Kier molecular flexibility index (Phi) is 7.22. The zero-order chi connectivity index (χ0) is 27.8. The van der Waals surface area contributed by atoms with Gasteiger partial charge in [-0.1, -0.05) is 98.1 Å². The van der Waals surface area contributed by atoms with Crippen molar-refractivity contribution in [2.24, 2.45) is 5.92 Å². The van der Waals surface area contributed by atoms with Crippen LogP contribution in [0.15, 0.2) is 84.9 Å². The lowest BCUT2D eigenvalue weighted by Crippen LogP contribution is -2.70. The Morgan fingerprint density at radius 3 is 2.32 bits per heavy atom. The molecule has 0 N–H and O–H groups in total. The normalized spacial score (nSPS) is 22.4. The molecule has 0 radical (unpaired) electrons. The lowest BCUT2D eigenvalue weighted by atomic mass is 9.87. The van der Waals surface area contributed by atoms with Crippen LogP contribution in [-0.2, 0) is 22.6 Å². The molecule has 2 aliphatic heterocycles. The molecule has 3 aliphatic rings. The summed E-state index contributed by atoms with van der Waals surface area (Å²) in [6.07, 6.45) is 6.61. The molecule has 2 heterocycles. The lowest BCUT2D eigenvalue weighted by Gasteiger charge is -2.50. The van der Waals surface area contributed by atoms with Crippen LogP contribution in [0.2, 0.25) is 0 Å². The van der Waals surface area contributed by atoms with E-state index in [9.17, 15) is 9.59 Å². The van der Waals surface area contributed by atoms with Crippen molar-refractivity contribution in [2.75, 3.05) is 26.2 Å². The largest absolute Gasteiger partial charge is 0.328 e. The molecule has 5 nitrogen and oxygen atoms in total. The van der Waals surface area contributed by atoms with Gasteiger partial charge in [0.1, 0.15) is 12.1 Å². The first-order valence-electron chi connectivity index (χ1n) is 15.4. The summed E-state index contributed by atoms with van der Waals surface area (Å²) in [5.41, 5.74) is 2.40. The smallest absolute Gasteiger partial charge is 0.247 e. The summed E-state index contributed by atoms with van der Waals surface area (Å²) in [7, 11) is 0. The van der Waals surface area contributed by atoms with Crippen molar-refractivity contribution in [1.29, 1.82) is 0 Å². The van der Waals surface area contributed by atoms with Gasteiger partial charge in [0.05, 0.1) is 0 Å². The maximum Gasteiger partial charge on any atom is 0.247 e. The molecular formula is C36H39N3O2. The minimum atomic E-state index is -0.432. The first kappa shape index (κ1) is 26.2. The van der Waals surface area contributed by atoms with Crippen molar-refractivity contribution in [3.8, 4) is 0 Å². The number of hydrogen-bond acceptors (Lipinski definition) is 3. The van der Waals surface area contributed by atoms with Crippen LogP contribution >= 0.6 is 0 Å². The third-order valence-electron chi connectivity index (χ3n) is 9.67. The molecule has 3 fully saturated rings.